The van der Waals surface area contributed by atoms with Crippen LogP contribution >= 0.6 is 7.82 Å². The van der Waals surface area contributed by atoms with E-state index in [4.69, 9.17) is 9.05 Å². The number of aliphatic hydroxyl groups excluding tert-OH is 1. The zero-order valence-corrected chi connectivity index (χ0v) is 45.7. The summed E-state index contributed by atoms with van der Waals surface area (Å²) in [6.45, 7) is 7.22. The molecule has 4 amide bonds. The van der Waals surface area contributed by atoms with Crippen LogP contribution in [0.3, 0.4) is 0 Å². The Kier molecular flexibility index (Phi) is 37.0. The molecular weight excluding hydrogens is 918 g/mol. The highest BCUT2D eigenvalue weighted by molar-refractivity contribution is 7.47. The number of H-pyrrole nitrogens is 1. The van der Waals surface area contributed by atoms with Gasteiger partial charge in [-0.15, -0.1) is 0 Å². The maximum Gasteiger partial charge on any atom is 0.472 e. The third kappa shape index (κ3) is 31.1. The molecule has 71 heavy (non-hydrogen) atoms. The number of phosphoric ester groups is 1. The van der Waals surface area contributed by atoms with Crippen LogP contribution in [0.2, 0.25) is 0 Å². The van der Waals surface area contributed by atoms with Crippen molar-refractivity contribution in [1.82, 2.24) is 26.3 Å². The average Bonchev–Trinajstić information content (AvgIpc) is 3.80. The van der Waals surface area contributed by atoms with Gasteiger partial charge in [-0.3, -0.25) is 28.2 Å². The van der Waals surface area contributed by atoms with Gasteiger partial charge in [0.25, 0.3) is 5.91 Å². The molecular formula is C56H100N5O9P. The van der Waals surface area contributed by atoms with E-state index in [0.717, 1.165) is 49.4 Å². The lowest BCUT2D eigenvalue weighted by Crippen LogP contribution is -2.50. The van der Waals surface area contributed by atoms with Crippen molar-refractivity contribution in [3.8, 4) is 0 Å². The first kappa shape index (κ1) is 63.8. The number of amides is 4. The summed E-state index contributed by atoms with van der Waals surface area (Å²) < 4.78 is 23.4. The molecule has 0 radical (unpaired) electrons. The predicted octanol–water partition coefficient (Wildman–Crippen LogP) is 12.7. The third-order valence-electron chi connectivity index (χ3n) is 13.8. The van der Waals surface area contributed by atoms with E-state index in [1.807, 2.05) is 38.1 Å². The van der Waals surface area contributed by atoms with Gasteiger partial charge >= 0.3 is 7.82 Å². The van der Waals surface area contributed by atoms with Crippen LogP contribution in [-0.2, 0) is 28.0 Å². The summed E-state index contributed by atoms with van der Waals surface area (Å²) in [5.41, 5.74) is 1.21. The number of phosphoric acid groups is 1. The molecule has 0 spiro atoms. The van der Waals surface area contributed by atoms with Crippen LogP contribution in [0.1, 0.15) is 244 Å². The second-order valence-electron chi connectivity index (χ2n) is 20.1. The van der Waals surface area contributed by atoms with Gasteiger partial charge in [0, 0.05) is 36.6 Å². The number of fused-ring (bicyclic) bond motifs is 1. The number of hydrogen-bond acceptors (Lipinski definition) is 8. The minimum Gasteiger partial charge on any atom is -0.393 e. The van der Waals surface area contributed by atoms with Crippen LogP contribution in [-0.4, -0.2) is 83.1 Å². The van der Waals surface area contributed by atoms with Gasteiger partial charge in [-0.2, -0.15) is 0 Å². The van der Waals surface area contributed by atoms with Crippen LogP contribution in [0.5, 0.6) is 0 Å². The van der Waals surface area contributed by atoms with Gasteiger partial charge < -0.3 is 36.3 Å². The first-order chi connectivity index (χ1) is 34.4. The fraction of sp³-hybridized carbons (Fsp3) is 0.786. The third-order valence-corrected chi connectivity index (χ3v) is 14.7. The molecule has 1 aromatic heterocycles. The molecule has 1 aromatic carbocycles. The first-order valence-electron chi connectivity index (χ1n) is 28.4. The maximum atomic E-state index is 13.4. The highest BCUT2D eigenvalue weighted by Gasteiger charge is 2.30. The highest BCUT2D eigenvalue weighted by atomic mass is 31.2. The zero-order valence-electron chi connectivity index (χ0n) is 44.9. The largest absolute Gasteiger partial charge is 0.472 e. The minimum absolute atomic E-state index is 0.163. The Balaban J connectivity index is 1.79. The number of nitrogens with one attached hydrogen (secondary N) is 5. The number of para-hydroxylation sites is 1. The number of aromatic nitrogens is 1. The lowest BCUT2D eigenvalue weighted by molar-refractivity contribution is -0.130. The monoisotopic (exact) mass is 1020 g/mol. The quantitative estimate of drug-likeness (QED) is 0.0248. The van der Waals surface area contributed by atoms with Gasteiger partial charge in [-0.05, 0) is 31.2 Å². The van der Waals surface area contributed by atoms with Gasteiger partial charge in [0.1, 0.15) is 12.1 Å². The average molecular weight is 1020 g/mol. The summed E-state index contributed by atoms with van der Waals surface area (Å²) in [7, 11) is -4.74. The molecule has 1 heterocycles. The molecule has 7 N–H and O–H groups in total. The molecule has 408 valence electrons. The Bertz CT molecular complexity index is 1740. The Morgan fingerprint density at radius 3 is 1.65 bits per heavy atom. The van der Waals surface area contributed by atoms with E-state index in [2.05, 4.69) is 40.1 Å². The Hall–Kier alpha value is -3.29. The second kappa shape index (κ2) is 41.1. The van der Waals surface area contributed by atoms with Crippen LogP contribution in [0, 0.1) is 5.92 Å². The Labute approximate surface area is 429 Å². The van der Waals surface area contributed by atoms with Crippen molar-refractivity contribution in [1.29, 1.82) is 0 Å². The van der Waals surface area contributed by atoms with Crippen LogP contribution < -0.4 is 21.3 Å². The van der Waals surface area contributed by atoms with Gasteiger partial charge in [0.05, 0.1) is 24.9 Å². The molecule has 0 aliphatic rings. The van der Waals surface area contributed by atoms with E-state index in [1.165, 1.54) is 135 Å². The lowest BCUT2D eigenvalue weighted by Gasteiger charge is -2.24. The molecule has 2 aromatic rings. The SMILES string of the molecule is CCCCCCCCCCCCCCCCCCCC(=O)N[C@@H](COP(=O)(O)OCCNC(=O)[C@@H](NC(=O)c1c[nH]c2ccccc12)[C@@H](C)CC)C(=O)NCCC(O)CCCCCCCCCCCCC. The van der Waals surface area contributed by atoms with Crippen molar-refractivity contribution in [3.05, 3.63) is 36.0 Å². The van der Waals surface area contributed by atoms with Crippen molar-refractivity contribution in [2.75, 3.05) is 26.3 Å². The molecule has 0 saturated carbocycles. The Morgan fingerprint density at radius 2 is 1.11 bits per heavy atom. The molecule has 15 heteroatoms. The standard InChI is InChI=1S/C56H100N5O9P/c1-5-8-10-12-14-16-18-19-20-21-22-23-25-27-29-31-33-39-52(63)60-51(55(65)57-41-40-47(62)36-32-30-28-26-24-17-15-13-11-9-6-2)45-70-71(67,68)69-43-42-58-56(66)53(46(4)7-3)61-54(64)49-44-59-50-38-35-34-37-48(49)50/h34-35,37-38,44,46-47,51,53,59,62H,5-33,36,39-43,45H2,1-4H3,(H,57,65)(H,58,66)(H,60,63)(H,61,64)(H,67,68)/t46-,47?,51-,53-/m0/s1. The van der Waals surface area contributed by atoms with Crippen LogP contribution in [0.25, 0.3) is 10.9 Å². The minimum atomic E-state index is -4.74. The predicted molar refractivity (Wildman–Crippen MR) is 289 cm³/mol. The first-order valence-corrected chi connectivity index (χ1v) is 29.9. The van der Waals surface area contributed by atoms with Crippen molar-refractivity contribution < 1.29 is 42.8 Å². The number of carbonyl (C=O) groups is 4. The number of hydrogen-bond donors (Lipinski definition) is 7. The summed E-state index contributed by atoms with van der Waals surface area (Å²) in [6, 6.07) is 5.21. The topological polar surface area (TPSA) is 208 Å². The number of aliphatic hydroxyl groups is 1. The zero-order chi connectivity index (χ0) is 51.8. The second-order valence-corrected chi connectivity index (χ2v) is 21.5. The smallest absolute Gasteiger partial charge is 0.393 e. The van der Waals surface area contributed by atoms with Crippen molar-refractivity contribution >= 4 is 42.4 Å². The summed E-state index contributed by atoms with van der Waals surface area (Å²) in [6.07, 6.45) is 37.2. The Morgan fingerprint density at radius 1 is 0.620 bits per heavy atom. The maximum absolute atomic E-state index is 13.4. The van der Waals surface area contributed by atoms with Gasteiger partial charge in [0.15, 0.2) is 0 Å². The summed E-state index contributed by atoms with van der Waals surface area (Å²) in [4.78, 5) is 66.6. The fourth-order valence-electron chi connectivity index (χ4n) is 8.96. The van der Waals surface area contributed by atoms with Crippen LogP contribution in [0.4, 0.5) is 0 Å². The molecule has 14 nitrogen and oxygen atoms in total. The molecule has 0 aliphatic carbocycles. The number of benzene rings is 1. The summed E-state index contributed by atoms with van der Waals surface area (Å²) in [5, 5.41) is 22.3. The van der Waals surface area contributed by atoms with E-state index >= 15 is 0 Å². The highest BCUT2D eigenvalue weighted by Crippen LogP contribution is 2.43. The number of rotatable bonds is 47. The molecule has 0 bridgehead atoms. The molecule has 5 atom stereocenters. The van der Waals surface area contributed by atoms with Crippen molar-refractivity contribution in [3.63, 3.8) is 0 Å². The van der Waals surface area contributed by atoms with Crippen LogP contribution in [0.15, 0.2) is 30.5 Å². The molecule has 2 unspecified atom stereocenters. The van der Waals surface area contributed by atoms with E-state index in [9.17, 15) is 33.7 Å². The van der Waals surface area contributed by atoms with E-state index < -0.39 is 56.9 Å². The lowest BCUT2D eigenvalue weighted by atomic mass is 9.98. The normalized spacial score (nSPS) is 14.1. The number of carbonyl (C=O) groups excluding carboxylic acids is 4. The number of unbranched alkanes of at least 4 members (excludes halogenated alkanes) is 26. The van der Waals surface area contributed by atoms with Gasteiger partial charge in [-0.1, -0.05) is 226 Å². The van der Waals surface area contributed by atoms with Crippen molar-refractivity contribution in [2.24, 2.45) is 5.92 Å². The molecule has 0 saturated heterocycles. The summed E-state index contributed by atoms with van der Waals surface area (Å²) in [5.74, 6) is -2.07. The van der Waals surface area contributed by atoms with Gasteiger partial charge in [-0.25, -0.2) is 4.57 Å². The van der Waals surface area contributed by atoms with E-state index in [-0.39, 0.29) is 31.3 Å². The molecule has 0 fully saturated rings. The number of aromatic amines is 1. The molecule has 0 aliphatic heterocycles. The van der Waals surface area contributed by atoms with Crippen molar-refractivity contribution in [2.45, 2.75) is 251 Å². The van der Waals surface area contributed by atoms with E-state index in [0.29, 0.717) is 31.2 Å². The van der Waals surface area contributed by atoms with Gasteiger partial charge in [0.2, 0.25) is 17.7 Å². The van der Waals surface area contributed by atoms with E-state index in [1.54, 1.807) is 6.20 Å². The summed E-state index contributed by atoms with van der Waals surface area (Å²) >= 11 is 0. The fourth-order valence-corrected chi connectivity index (χ4v) is 9.70. The molecule has 2 rings (SSSR count).